The summed E-state index contributed by atoms with van der Waals surface area (Å²) in [6.07, 6.45) is -4.96. The number of halogens is 3. The van der Waals surface area contributed by atoms with Crippen LogP contribution >= 0.6 is 0 Å². The smallest absolute Gasteiger partial charge is 0.418 e. The lowest BCUT2D eigenvalue weighted by Gasteiger charge is -2.08. The molecule has 0 aliphatic heterocycles. The van der Waals surface area contributed by atoms with Gasteiger partial charge in [0.1, 0.15) is 5.75 Å². The monoisotopic (exact) mass is 349 g/mol. The van der Waals surface area contributed by atoms with E-state index in [1.165, 1.54) is 19.2 Å². The normalized spacial score (nSPS) is 11.7. The van der Waals surface area contributed by atoms with Gasteiger partial charge < -0.3 is 14.8 Å². The number of carbonyl (C=O) groups is 1. The molecule has 0 fully saturated rings. The largest absolute Gasteiger partial charge is 0.496 e. The highest BCUT2D eigenvalue weighted by Crippen LogP contribution is 2.40. The lowest BCUT2D eigenvalue weighted by Crippen LogP contribution is -2.05. The number of hydrogen-bond acceptors (Lipinski definition) is 2. The summed E-state index contributed by atoms with van der Waals surface area (Å²) in [6.45, 7) is 0. The number of rotatable bonds is 4. The minimum atomic E-state index is -4.55. The standard InChI is InChI=1S/C18H14F3NO3/c1-25-14-8-3-2-5-11(14)16-12(9-15(23)24)10-6-4-7-13(17(10)22-16)18(19,20)21/h2-8,22H,9H2,1H3,(H,23,24). The molecule has 0 aliphatic carbocycles. The molecule has 0 saturated heterocycles. The van der Waals surface area contributed by atoms with Crippen LogP contribution < -0.4 is 4.74 Å². The maximum absolute atomic E-state index is 13.3. The van der Waals surface area contributed by atoms with E-state index in [1.807, 2.05) is 0 Å². The van der Waals surface area contributed by atoms with Crippen molar-refractivity contribution in [3.63, 3.8) is 0 Å². The predicted octanol–water partition coefficient (Wildman–Crippen LogP) is 4.49. The molecule has 1 aromatic heterocycles. The molecule has 0 atom stereocenters. The molecule has 0 radical (unpaired) electrons. The molecule has 3 rings (SSSR count). The third kappa shape index (κ3) is 3.05. The molecular weight excluding hydrogens is 335 g/mol. The highest BCUT2D eigenvalue weighted by molar-refractivity contribution is 5.96. The van der Waals surface area contributed by atoms with Crippen LogP contribution in [0.4, 0.5) is 13.2 Å². The van der Waals surface area contributed by atoms with E-state index >= 15 is 0 Å². The molecule has 0 unspecified atom stereocenters. The van der Waals surface area contributed by atoms with E-state index < -0.39 is 24.1 Å². The molecule has 7 heteroatoms. The Balaban J connectivity index is 2.36. The van der Waals surface area contributed by atoms with Crippen molar-refractivity contribution in [1.82, 2.24) is 4.98 Å². The van der Waals surface area contributed by atoms with E-state index in [1.54, 1.807) is 24.3 Å². The van der Waals surface area contributed by atoms with Crippen LogP contribution in [0.3, 0.4) is 0 Å². The van der Waals surface area contributed by atoms with Crippen LogP contribution in [0, 0.1) is 0 Å². The van der Waals surface area contributed by atoms with Crippen molar-refractivity contribution in [3.05, 3.63) is 53.6 Å². The van der Waals surface area contributed by atoms with Crippen molar-refractivity contribution >= 4 is 16.9 Å². The number of aromatic nitrogens is 1. The van der Waals surface area contributed by atoms with Crippen LogP contribution in [0.15, 0.2) is 42.5 Å². The minimum Gasteiger partial charge on any atom is -0.496 e. The van der Waals surface area contributed by atoms with Gasteiger partial charge in [-0.3, -0.25) is 4.79 Å². The number of nitrogens with one attached hydrogen (secondary N) is 1. The number of fused-ring (bicyclic) bond motifs is 1. The van der Waals surface area contributed by atoms with Crippen LogP contribution in [0.5, 0.6) is 5.75 Å². The van der Waals surface area contributed by atoms with E-state index in [0.29, 0.717) is 17.0 Å². The van der Waals surface area contributed by atoms with Crippen LogP contribution in [0.1, 0.15) is 11.1 Å². The number of methoxy groups -OCH3 is 1. The second-order valence-corrected chi connectivity index (χ2v) is 5.48. The first-order valence-electron chi connectivity index (χ1n) is 7.39. The Labute approximate surface area is 140 Å². The summed E-state index contributed by atoms with van der Waals surface area (Å²) in [5.41, 5.74) is 0.139. The Hall–Kier alpha value is -2.96. The number of ether oxygens (including phenoxy) is 1. The number of benzene rings is 2. The number of aromatic amines is 1. The first-order valence-corrected chi connectivity index (χ1v) is 7.39. The summed E-state index contributed by atoms with van der Waals surface area (Å²) in [4.78, 5) is 14.0. The highest BCUT2D eigenvalue weighted by atomic mass is 19.4. The quantitative estimate of drug-likeness (QED) is 0.729. The van der Waals surface area contributed by atoms with Gasteiger partial charge in [0.25, 0.3) is 0 Å². The molecule has 4 nitrogen and oxygen atoms in total. The zero-order valence-corrected chi connectivity index (χ0v) is 13.1. The molecule has 25 heavy (non-hydrogen) atoms. The average Bonchev–Trinajstić information content (AvgIpc) is 2.91. The number of alkyl halides is 3. The van der Waals surface area contributed by atoms with Gasteiger partial charge >= 0.3 is 12.1 Å². The molecular formula is C18H14F3NO3. The highest BCUT2D eigenvalue weighted by Gasteiger charge is 2.34. The van der Waals surface area contributed by atoms with E-state index in [0.717, 1.165) is 6.07 Å². The van der Waals surface area contributed by atoms with Gasteiger partial charge in [0.2, 0.25) is 0 Å². The predicted molar refractivity (Wildman–Crippen MR) is 86.6 cm³/mol. The van der Waals surface area contributed by atoms with Gasteiger partial charge in [-0.1, -0.05) is 24.3 Å². The molecule has 3 aromatic rings. The van der Waals surface area contributed by atoms with Gasteiger partial charge in [-0.2, -0.15) is 13.2 Å². The van der Waals surface area contributed by atoms with Crippen LogP contribution in [-0.2, 0) is 17.4 Å². The second kappa shape index (κ2) is 6.16. The van der Waals surface area contributed by atoms with Crippen LogP contribution in [0.25, 0.3) is 22.2 Å². The van der Waals surface area contributed by atoms with Crippen LogP contribution in [0.2, 0.25) is 0 Å². The number of carboxylic acids is 1. The molecule has 130 valence electrons. The maximum Gasteiger partial charge on any atom is 0.418 e. The maximum atomic E-state index is 13.3. The number of para-hydroxylation sites is 2. The van der Waals surface area contributed by atoms with E-state index in [-0.39, 0.29) is 16.5 Å². The summed E-state index contributed by atoms with van der Waals surface area (Å²) in [5.74, 6) is -0.691. The molecule has 0 amide bonds. The Morgan fingerprint density at radius 3 is 2.52 bits per heavy atom. The fourth-order valence-electron chi connectivity index (χ4n) is 2.93. The number of aliphatic carboxylic acids is 1. The van der Waals surface area contributed by atoms with Gasteiger partial charge in [0.05, 0.1) is 30.3 Å². The zero-order valence-electron chi connectivity index (χ0n) is 13.1. The van der Waals surface area contributed by atoms with Crippen molar-refractivity contribution in [1.29, 1.82) is 0 Å². The summed E-state index contributed by atoms with van der Waals surface area (Å²) < 4.78 is 45.2. The average molecular weight is 349 g/mol. The third-order valence-corrected chi connectivity index (χ3v) is 3.95. The summed E-state index contributed by atoms with van der Waals surface area (Å²) >= 11 is 0. The molecule has 2 aromatic carbocycles. The fourth-order valence-corrected chi connectivity index (χ4v) is 2.93. The minimum absolute atomic E-state index is 0.132. The van der Waals surface area contributed by atoms with E-state index in [9.17, 15) is 23.1 Å². The van der Waals surface area contributed by atoms with Gasteiger partial charge in [-0.15, -0.1) is 0 Å². The lowest BCUT2D eigenvalue weighted by molar-refractivity contribution is -0.137. The topological polar surface area (TPSA) is 62.3 Å². The summed E-state index contributed by atoms with van der Waals surface area (Å²) in [6, 6.07) is 10.5. The fraction of sp³-hybridized carbons (Fsp3) is 0.167. The summed E-state index contributed by atoms with van der Waals surface area (Å²) in [7, 11) is 1.44. The van der Waals surface area contributed by atoms with E-state index in [2.05, 4.69) is 4.98 Å². The number of hydrogen-bond donors (Lipinski definition) is 2. The lowest BCUT2D eigenvalue weighted by atomic mass is 10.0. The first kappa shape index (κ1) is 16.9. The Morgan fingerprint density at radius 2 is 1.88 bits per heavy atom. The van der Waals surface area contributed by atoms with Crippen LogP contribution in [-0.4, -0.2) is 23.2 Å². The number of carboxylic acid groups (broad SMARTS) is 1. The van der Waals surface area contributed by atoms with Gasteiger partial charge in [0.15, 0.2) is 0 Å². The Bertz CT molecular complexity index is 944. The summed E-state index contributed by atoms with van der Waals surface area (Å²) in [5, 5.41) is 9.44. The molecule has 0 aliphatic rings. The molecule has 0 saturated carbocycles. The molecule has 0 bridgehead atoms. The SMILES string of the molecule is COc1ccccc1-c1[nH]c2c(C(F)(F)F)cccc2c1CC(=O)O. The zero-order chi connectivity index (χ0) is 18.2. The molecule has 2 N–H and O–H groups in total. The molecule has 0 spiro atoms. The van der Waals surface area contributed by atoms with Crippen molar-refractivity contribution in [2.45, 2.75) is 12.6 Å². The first-order chi connectivity index (χ1) is 11.8. The Kier molecular flexibility index (Phi) is 4.16. The van der Waals surface area contributed by atoms with Gasteiger partial charge in [0, 0.05) is 10.9 Å². The van der Waals surface area contributed by atoms with E-state index in [4.69, 9.17) is 4.74 Å². The van der Waals surface area contributed by atoms with Crippen molar-refractivity contribution < 1.29 is 27.8 Å². The second-order valence-electron chi connectivity index (χ2n) is 5.48. The van der Waals surface area contributed by atoms with Crippen molar-refractivity contribution in [2.24, 2.45) is 0 Å². The Morgan fingerprint density at radius 1 is 1.16 bits per heavy atom. The third-order valence-electron chi connectivity index (χ3n) is 3.95. The van der Waals surface area contributed by atoms with Gasteiger partial charge in [-0.05, 0) is 23.8 Å². The van der Waals surface area contributed by atoms with Gasteiger partial charge in [-0.25, -0.2) is 0 Å². The molecule has 1 heterocycles. The number of H-pyrrole nitrogens is 1. The van der Waals surface area contributed by atoms with Crippen molar-refractivity contribution in [3.8, 4) is 17.0 Å². The van der Waals surface area contributed by atoms with Crippen molar-refractivity contribution in [2.75, 3.05) is 7.11 Å².